The first-order chi connectivity index (χ1) is 13.5. The Balaban J connectivity index is 2.09. The molecule has 0 radical (unpaired) electrons. The fourth-order valence-electron chi connectivity index (χ4n) is 3.10. The topological polar surface area (TPSA) is 92.1 Å². The van der Waals surface area contributed by atoms with E-state index in [1.165, 1.54) is 6.07 Å². The summed E-state index contributed by atoms with van der Waals surface area (Å²) >= 11 is 0. The minimum atomic E-state index is -0.510. The number of nitro groups is 1. The van der Waals surface area contributed by atoms with E-state index >= 15 is 0 Å². The second-order valence-electron chi connectivity index (χ2n) is 8.42. The molecule has 0 spiro atoms. The van der Waals surface area contributed by atoms with Crippen LogP contribution in [0.15, 0.2) is 18.3 Å². The van der Waals surface area contributed by atoms with Gasteiger partial charge in [0.15, 0.2) is 0 Å². The summed E-state index contributed by atoms with van der Waals surface area (Å²) in [6, 6.07) is 3.35. The third-order valence-corrected chi connectivity index (χ3v) is 4.64. The molecule has 29 heavy (non-hydrogen) atoms. The number of piperidine rings is 1. The van der Waals surface area contributed by atoms with Crippen molar-refractivity contribution in [1.82, 2.24) is 14.8 Å². The molecule has 0 atom stereocenters. The van der Waals surface area contributed by atoms with Gasteiger partial charge in [-0.2, -0.15) is 0 Å². The fraction of sp³-hybridized carbons (Fsp3) is 0.600. The lowest BCUT2D eigenvalue weighted by Crippen LogP contribution is -2.47. The van der Waals surface area contributed by atoms with Crippen LogP contribution in [0.1, 0.15) is 39.3 Å². The summed E-state index contributed by atoms with van der Waals surface area (Å²) in [5.74, 6) is 0.671. The summed E-state index contributed by atoms with van der Waals surface area (Å²) in [5.41, 5.74) is -0.219. The van der Waals surface area contributed by atoms with Gasteiger partial charge < -0.3 is 19.4 Å². The quantitative estimate of drug-likeness (QED) is 0.548. The summed E-state index contributed by atoms with van der Waals surface area (Å²) < 4.78 is 5.44. The van der Waals surface area contributed by atoms with Crippen LogP contribution < -0.4 is 4.90 Å². The van der Waals surface area contributed by atoms with E-state index in [2.05, 4.69) is 4.98 Å². The maximum Gasteiger partial charge on any atom is 0.410 e. The molecular formula is C20H31N5O4. The van der Waals surface area contributed by atoms with Gasteiger partial charge >= 0.3 is 6.09 Å². The van der Waals surface area contributed by atoms with Gasteiger partial charge in [0.05, 0.1) is 4.92 Å². The van der Waals surface area contributed by atoms with Gasteiger partial charge in [-0.1, -0.05) is 0 Å². The number of amides is 1. The molecule has 9 nitrogen and oxygen atoms in total. The minimum absolute atomic E-state index is 0.0278. The van der Waals surface area contributed by atoms with Crippen LogP contribution >= 0.6 is 0 Å². The predicted octanol–water partition coefficient (Wildman–Crippen LogP) is 3.36. The SMILES string of the molecule is CN(C)C=Cc1nc(N(C)C2CCN(C(=O)OC(C)(C)C)CC2)ccc1[N+](=O)[O-]. The van der Waals surface area contributed by atoms with Crippen LogP contribution in [0.4, 0.5) is 16.3 Å². The van der Waals surface area contributed by atoms with E-state index in [0.717, 1.165) is 12.8 Å². The molecule has 1 aliphatic heterocycles. The molecule has 1 aliphatic rings. The van der Waals surface area contributed by atoms with Crippen LogP contribution in [0.5, 0.6) is 0 Å². The zero-order chi connectivity index (χ0) is 21.8. The van der Waals surface area contributed by atoms with Crippen molar-refractivity contribution in [3.63, 3.8) is 0 Å². The normalized spacial score (nSPS) is 15.4. The van der Waals surface area contributed by atoms with Crippen molar-refractivity contribution < 1.29 is 14.5 Å². The van der Waals surface area contributed by atoms with Crippen molar-refractivity contribution in [2.45, 2.75) is 45.3 Å². The zero-order valence-electron chi connectivity index (χ0n) is 18.1. The van der Waals surface area contributed by atoms with E-state index < -0.39 is 10.5 Å². The number of likely N-dealkylation sites (tertiary alicyclic amines) is 1. The van der Waals surface area contributed by atoms with E-state index in [1.54, 1.807) is 28.1 Å². The molecule has 2 rings (SSSR count). The number of carbonyl (C=O) groups excluding carboxylic acids is 1. The Morgan fingerprint density at radius 3 is 2.41 bits per heavy atom. The number of aromatic nitrogens is 1. The second kappa shape index (κ2) is 9.11. The van der Waals surface area contributed by atoms with Gasteiger partial charge in [0, 0.05) is 52.5 Å². The molecule has 0 bridgehead atoms. The van der Waals surface area contributed by atoms with Crippen molar-refractivity contribution in [3.05, 3.63) is 34.1 Å². The summed E-state index contributed by atoms with van der Waals surface area (Å²) in [4.78, 5) is 33.2. The maximum atomic E-state index is 12.2. The lowest BCUT2D eigenvalue weighted by molar-refractivity contribution is -0.385. The van der Waals surface area contributed by atoms with Crippen LogP contribution in [0.2, 0.25) is 0 Å². The van der Waals surface area contributed by atoms with E-state index in [0.29, 0.717) is 24.6 Å². The summed E-state index contributed by atoms with van der Waals surface area (Å²) in [5, 5.41) is 11.3. The third kappa shape index (κ3) is 6.33. The molecule has 1 saturated heterocycles. The smallest absolute Gasteiger partial charge is 0.410 e. The Hall–Kier alpha value is -2.84. The standard InChI is InChI=1S/C20H31N5O4/c1-20(2,3)29-19(26)24-13-9-15(10-14-24)23(6)18-8-7-17(25(27)28)16(21-18)11-12-22(4)5/h7-8,11-12,15H,9-10,13-14H2,1-6H3. The van der Waals surface area contributed by atoms with Crippen molar-refractivity contribution in [2.24, 2.45) is 0 Å². The first kappa shape index (κ1) is 22.4. The first-order valence-corrected chi connectivity index (χ1v) is 9.69. The molecule has 1 amide bonds. The van der Waals surface area contributed by atoms with Crippen LogP contribution in [0, 0.1) is 10.1 Å². The van der Waals surface area contributed by atoms with Crippen molar-refractivity contribution >= 4 is 23.7 Å². The number of carbonyl (C=O) groups is 1. The Bertz CT molecular complexity index is 765. The Kier molecular flexibility index (Phi) is 7.05. The zero-order valence-corrected chi connectivity index (χ0v) is 18.1. The largest absolute Gasteiger partial charge is 0.444 e. The number of ether oxygens (including phenoxy) is 1. The Labute approximate surface area is 172 Å². The average Bonchev–Trinajstić information content (AvgIpc) is 2.64. The fourth-order valence-corrected chi connectivity index (χ4v) is 3.10. The highest BCUT2D eigenvalue weighted by molar-refractivity contribution is 5.68. The average molecular weight is 405 g/mol. The second-order valence-corrected chi connectivity index (χ2v) is 8.42. The lowest BCUT2D eigenvalue weighted by atomic mass is 10.0. The number of anilines is 1. The molecule has 0 saturated carbocycles. The molecule has 160 valence electrons. The van der Waals surface area contributed by atoms with Gasteiger partial charge in [-0.15, -0.1) is 0 Å². The molecule has 0 aliphatic carbocycles. The Morgan fingerprint density at radius 1 is 1.28 bits per heavy atom. The number of pyridine rings is 1. The molecule has 0 N–H and O–H groups in total. The molecular weight excluding hydrogens is 374 g/mol. The summed E-state index contributed by atoms with van der Waals surface area (Å²) in [7, 11) is 5.62. The first-order valence-electron chi connectivity index (χ1n) is 9.69. The van der Waals surface area contributed by atoms with E-state index in [-0.39, 0.29) is 17.8 Å². The van der Waals surface area contributed by atoms with Crippen LogP contribution in [0.25, 0.3) is 6.08 Å². The van der Waals surface area contributed by atoms with Crippen LogP contribution in [-0.4, -0.2) is 71.7 Å². The highest BCUT2D eigenvalue weighted by Crippen LogP contribution is 2.26. The number of hydrogen-bond acceptors (Lipinski definition) is 7. The number of hydrogen-bond donors (Lipinski definition) is 0. The Morgan fingerprint density at radius 2 is 1.90 bits per heavy atom. The maximum absolute atomic E-state index is 12.2. The van der Waals surface area contributed by atoms with Crippen molar-refractivity contribution in [3.8, 4) is 0 Å². The molecule has 0 unspecified atom stereocenters. The van der Waals surface area contributed by atoms with Gasteiger partial charge in [-0.05, 0) is 45.8 Å². The minimum Gasteiger partial charge on any atom is -0.444 e. The van der Waals surface area contributed by atoms with Gasteiger partial charge in [-0.3, -0.25) is 10.1 Å². The number of rotatable bonds is 5. The molecule has 1 fully saturated rings. The van der Waals surface area contributed by atoms with Crippen molar-refractivity contribution in [2.75, 3.05) is 39.1 Å². The van der Waals surface area contributed by atoms with Gasteiger partial charge in [0.25, 0.3) is 5.69 Å². The van der Waals surface area contributed by atoms with E-state index in [9.17, 15) is 14.9 Å². The van der Waals surface area contributed by atoms with Crippen LogP contribution in [-0.2, 0) is 4.74 Å². The van der Waals surface area contributed by atoms with E-state index in [4.69, 9.17) is 4.74 Å². The van der Waals surface area contributed by atoms with Gasteiger partial charge in [0.1, 0.15) is 17.1 Å². The summed E-state index contributed by atoms with van der Waals surface area (Å²) in [6.07, 6.45) is 4.64. The van der Waals surface area contributed by atoms with Gasteiger partial charge in [0.2, 0.25) is 0 Å². The molecule has 1 aromatic rings. The summed E-state index contributed by atoms with van der Waals surface area (Å²) in [6.45, 7) is 6.77. The molecule has 0 aromatic carbocycles. The molecule has 2 heterocycles. The van der Waals surface area contributed by atoms with Crippen molar-refractivity contribution in [1.29, 1.82) is 0 Å². The van der Waals surface area contributed by atoms with E-state index in [1.807, 2.05) is 46.8 Å². The number of nitrogens with zero attached hydrogens (tertiary/aromatic N) is 5. The highest BCUT2D eigenvalue weighted by Gasteiger charge is 2.29. The van der Waals surface area contributed by atoms with Gasteiger partial charge in [-0.25, -0.2) is 9.78 Å². The third-order valence-electron chi connectivity index (χ3n) is 4.64. The molecule has 1 aromatic heterocycles. The van der Waals surface area contributed by atoms with Crippen LogP contribution in [0.3, 0.4) is 0 Å². The lowest BCUT2D eigenvalue weighted by Gasteiger charge is -2.37. The monoisotopic (exact) mass is 405 g/mol. The molecule has 9 heteroatoms. The highest BCUT2D eigenvalue weighted by atomic mass is 16.6. The predicted molar refractivity (Wildman–Crippen MR) is 113 cm³/mol.